The van der Waals surface area contributed by atoms with Gasteiger partial charge in [0.1, 0.15) is 5.78 Å². The number of nitrogens with one attached hydrogen (secondary N) is 1. The fourth-order valence-electron chi connectivity index (χ4n) is 3.27. The molecule has 5 heteroatoms. The number of rotatable bonds is 3. The molecular formula is C16H16N2O3. The first kappa shape index (κ1) is 13.7. The van der Waals surface area contributed by atoms with Crippen molar-refractivity contribution in [1.29, 1.82) is 0 Å². The summed E-state index contributed by atoms with van der Waals surface area (Å²) in [5, 5.41) is 3.04. The zero-order chi connectivity index (χ0) is 15.1. The Kier molecular flexibility index (Phi) is 3.22. The predicted octanol–water partition coefficient (Wildman–Crippen LogP) is 0.908. The Morgan fingerprint density at radius 2 is 1.81 bits per heavy atom. The lowest BCUT2D eigenvalue weighted by atomic mass is 9.88. The van der Waals surface area contributed by atoms with Gasteiger partial charge < -0.3 is 0 Å². The summed E-state index contributed by atoms with van der Waals surface area (Å²) < 4.78 is 0. The largest absolute Gasteiger partial charge is 0.300 e. The van der Waals surface area contributed by atoms with Crippen molar-refractivity contribution >= 4 is 23.3 Å². The highest BCUT2D eigenvalue weighted by Gasteiger charge is 2.59. The van der Waals surface area contributed by atoms with E-state index in [0.29, 0.717) is 5.69 Å². The molecule has 0 unspecified atom stereocenters. The third-order valence-corrected chi connectivity index (χ3v) is 4.22. The van der Waals surface area contributed by atoms with Crippen LogP contribution in [-0.2, 0) is 14.4 Å². The Labute approximate surface area is 122 Å². The number of imide groups is 1. The van der Waals surface area contributed by atoms with E-state index in [-0.39, 0.29) is 23.6 Å². The quantitative estimate of drug-likeness (QED) is 0.662. The van der Waals surface area contributed by atoms with Crippen LogP contribution in [0.25, 0.3) is 0 Å². The summed E-state index contributed by atoms with van der Waals surface area (Å²) in [6, 6.07) is 7.83. The Bertz CT molecular complexity index is 626. The fraction of sp³-hybridized carbons (Fsp3) is 0.312. The minimum atomic E-state index is -0.641. The molecule has 1 aromatic carbocycles. The van der Waals surface area contributed by atoms with Gasteiger partial charge in [0.15, 0.2) is 0 Å². The second-order valence-corrected chi connectivity index (χ2v) is 5.42. The Hall–Kier alpha value is -2.27. The molecule has 1 N–H and O–H groups in total. The Balaban J connectivity index is 2.03. The van der Waals surface area contributed by atoms with Gasteiger partial charge in [-0.05, 0) is 19.1 Å². The third kappa shape index (κ3) is 1.93. The van der Waals surface area contributed by atoms with Gasteiger partial charge in [0.05, 0.1) is 23.6 Å². The molecule has 2 amide bonds. The van der Waals surface area contributed by atoms with Crippen LogP contribution in [0.2, 0.25) is 0 Å². The van der Waals surface area contributed by atoms with Gasteiger partial charge in [0, 0.05) is 6.04 Å². The molecule has 4 atom stereocenters. The molecule has 0 aromatic heterocycles. The zero-order valence-corrected chi connectivity index (χ0v) is 11.7. The molecule has 1 aromatic rings. The standard InChI is InChI=1S/C16H16N2O3/c1-3-11-12-13(14(17-11)9(2)19)16(21)18(15(12)20)10-7-5-4-6-8-10/h3-8,11-14,17H,1H2,2H3/t11-,12+,13+,14+/m0/s1. The average Bonchev–Trinajstić information content (AvgIpc) is 2.98. The molecule has 2 saturated heterocycles. The molecule has 0 radical (unpaired) electrons. The van der Waals surface area contributed by atoms with Crippen molar-refractivity contribution in [2.75, 3.05) is 4.90 Å². The smallest absolute Gasteiger partial charge is 0.239 e. The minimum Gasteiger partial charge on any atom is -0.300 e. The monoisotopic (exact) mass is 284 g/mol. The number of anilines is 1. The lowest BCUT2D eigenvalue weighted by molar-refractivity contribution is -0.127. The molecule has 2 heterocycles. The van der Waals surface area contributed by atoms with Crippen molar-refractivity contribution in [2.45, 2.75) is 19.0 Å². The molecule has 2 aliphatic rings. The summed E-state index contributed by atoms with van der Waals surface area (Å²) in [5.74, 6) is -1.90. The van der Waals surface area contributed by atoms with Crippen LogP contribution in [0.5, 0.6) is 0 Å². The highest BCUT2D eigenvalue weighted by molar-refractivity contribution is 6.24. The maximum absolute atomic E-state index is 12.7. The van der Waals surface area contributed by atoms with E-state index < -0.39 is 17.9 Å². The summed E-state index contributed by atoms with van der Waals surface area (Å²) in [4.78, 5) is 38.3. The van der Waals surface area contributed by atoms with Crippen LogP contribution in [-0.4, -0.2) is 29.7 Å². The van der Waals surface area contributed by atoms with E-state index in [0.717, 1.165) is 0 Å². The second kappa shape index (κ2) is 4.93. The van der Waals surface area contributed by atoms with Gasteiger partial charge in [-0.25, -0.2) is 4.90 Å². The molecule has 0 spiro atoms. The summed E-state index contributed by atoms with van der Waals surface area (Å²) in [7, 11) is 0. The molecular weight excluding hydrogens is 268 g/mol. The molecule has 0 aliphatic carbocycles. The number of benzene rings is 1. The number of carbonyl (C=O) groups excluding carboxylic acids is 3. The molecule has 2 aliphatic heterocycles. The van der Waals surface area contributed by atoms with Crippen molar-refractivity contribution in [3.8, 4) is 0 Å². The fourth-order valence-corrected chi connectivity index (χ4v) is 3.27. The van der Waals surface area contributed by atoms with Crippen molar-refractivity contribution in [1.82, 2.24) is 5.32 Å². The maximum atomic E-state index is 12.7. The minimum absolute atomic E-state index is 0.134. The van der Waals surface area contributed by atoms with Crippen molar-refractivity contribution < 1.29 is 14.4 Å². The number of para-hydroxylation sites is 1. The molecule has 21 heavy (non-hydrogen) atoms. The van der Waals surface area contributed by atoms with E-state index in [1.165, 1.54) is 11.8 Å². The van der Waals surface area contributed by atoms with Crippen LogP contribution in [0.1, 0.15) is 6.92 Å². The van der Waals surface area contributed by atoms with Crippen molar-refractivity contribution in [3.63, 3.8) is 0 Å². The molecule has 0 bridgehead atoms. The van der Waals surface area contributed by atoms with Crippen molar-refractivity contribution in [3.05, 3.63) is 43.0 Å². The van der Waals surface area contributed by atoms with Crippen LogP contribution in [0, 0.1) is 11.8 Å². The SMILES string of the molecule is C=C[C@@H]1N[C@H](C(C)=O)[C@@H]2C(=O)N(c3ccccc3)C(=O)[C@@H]21. The summed E-state index contributed by atoms with van der Waals surface area (Å²) in [6.45, 7) is 5.13. The third-order valence-electron chi connectivity index (χ3n) is 4.22. The van der Waals surface area contributed by atoms with Gasteiger partial charge in [0.2, 0.25) is 11.8 Å². The molecule has 0 saturated carbocycles. The lowest BCUT2D eigenvalue weighted by Gasteiger charge is -2.20. The van der Waals surface area contributed by atoms with Crippen LogP contribution < -0.4 is 10.2 Å². The predicted molar refractivity (Wildman–Crippen MR) is 77.5 cm³/mol. The van der Waals surface area contributed by atoms with Gasteiger partial charge in [-0.1, -0.05) is 24.3 Å². The number of nitrogens with zero attached hydrogens (tertiary/aromatic N) is 1. The normalized spacial score (nSPS) is 31.4. The van der Waals surface area contributed by atoms with Gasteiger partial charge in [-0.2, -0.15) is 0 Å². The number of ketones is 1. The van der Waals surface area contributed by atoms with Crippen LogP contribution in [0.15, 0.2) is 43.0 Å². The first-order chi connectivity index (χ1) is 10.1. The first-order valence-electron chi connectivity index (χ1n) is 6.88. The number of hydrogen-bond acceptors (Lipinski definition) is 4. The second-order valence-electron chi connectivity index (χ2n) is 5.42. The molecule has 108 valence electrons. The summed E-state index contributed by atoms with van der Waals surface area (Å²) in [5.41, 5.74) is 0.548. The Morgan fingerprint density at radius 3 is 2.38 bits per heavy atom. The van der Waals surface area contributed by atoms with Crippen LogP contribution in [0.3, 0.4) is 0 Å². The number of hydrogen-bond donors (Lipinski definition) is 1. The van der Waals surface area contributed by atoms with E-state index in [1.807, 2.05) is 6.07 Å². The van der Waals surface area contributed by atoms with E-state index in [4.69, 9.17) is 0 Å². The average molecular weight is 284 g/mol. The Morgan fingerprint density at radius 1 is 1.19 bits per heavy atom. The summed E-state index contributed by atoms with van der Waals surface area (Å²) >= 11 is 0. The topological polar surface area (TPSA) is 66.5 Å². The number of fused-ring (bicyclic) bond motifs is 1. The van der Waals surface area contributed by atoms with Gasteiger partial charge in [-0.3, -0.25) is 19.7 Å². The zero-order valence-electron chi connectivity index (χ0n) is 11.7. The lowest BCUT2D eigenvalue weighted by Crippen LogP contribution is -2.44. The van der Waals surface area contributed by atoms with Crippen LogP contribution >= 0.6 is 0 Å². The molecule has 3 rings (SSSR count). The molecule has 2 fully saturated rings. The number of carbonyl (C=O) groups is 3. The number of amides is 2. The maximum Gasteiger partial charge on any atom is 0.239 e. The van der Waals surface area contributed by atoms with Crippen LogP contribution in [0.4, 0.5) is 5.69 Å². The first-order valence-corrected chi connectivity index (χ1v) is 6.88. The van der Waals surface area contributed by atoms with Gasteiger partial charge >= 0.3 is 0 Å². The van der Waals surface area contributed by atoms with Gasteiger partial charge in [0.25, 0.3) is 0 Å². The van der Waals surface area contributed by atoms with Crippen molar-refractivity contribution in [2.24, 2.45) is 11.8 Å². The van der Waals surface area contributed by atoms with E-state index in [2.05, 4.69) is 11.9 Å². The number of Topliss-reactive ketones (excluding diaryl/α,β-unsaturated/α-hetero) is 1. The van der Waals surface area contributed by atoms with E-state index >= 15 is 0 Å². The van der Waals surface area contributed by atoms with Gasteiger partial charge in [-0.15, -0.1) is 6.58 Å². The molecule has 5 nitrogen and oxygen atoms in total. The van der Waals surface area contributed by atoms with E-state index in [1.54, 1.807) is 30.3 Å². The highest BCUT2D eigenvalue weighted by atomic mass is 16.2. The highest BCUT2D eigenvalue weighted by Crippen LogP contribution is 2.39. The summed E-state index contributed by atoms with van der Waals surface area (Å²) in [6.07, 6.45) is 1.60. The van der Waals surface area contributed by atoms with E-state index in [9.17, 15) is 14.4 Å².